The number of benzene rings is 1. The van der Waals surface area contributed by atoms with Gasteiger partial charge in [0.25, 0.3) is 6.43 Å². The van der Waals surface area contributed by atoms with E-state index in [4.69, 9.17) is 5.26 Å². The summed E-state index contributed by atoms with van der Waals surface area (Å²) in [5.74, 6) is -0.796. The van der Waals surface area contributed by atoms with Gasteiger partial charge in [0.15, 0.2) is 0 Å². The summed E-state index contributed by atoms with van der Waals surface area (Å²) in [7, 11) is 1.13. The predicted octanol–water partition coefficient (Wildman–Crippen LogP) is 2.89. The molecule has 0 aromatic heterocycles. The molecule has 0 radical (unpaired) electrons. The molecule has 0 aliphatic carbocycles. The van der Waals surface area contributed by atoms with Crippen LogP contribution in [0.15, 0.2) is 12.1 Å². The molecule has 0 heterocycles. The summed E-state index contributed by atoms with van der Waals surface area (Å²) in [4.78, 5) is 11.3. The van der Waals surface area contributed by atoms with Gasteiger partial charge in [-0.05, 0) is 34.7 Å². The lowest BCUT2D eigenvalue weighted by Gasteiger charge is -2.09. The van der Waals surface area contributed by atoms with Crippen LogP contribution in [0, 0.1) is 14.9 Å². The third kappa shape index (κ3) is 2.29. The first-order chi connectivity index (χ1) is 7.52. The van der Waals surface area contributed by atoms with Crippen molar-refractivity contribution in [1.29, 1.82) is 5.26 Å². The Morgan fingerprint density at radius 2 is 2.19 bits per heavy atom. The second kappa shape index (κ2) is 5.21. The molecule has 0 fully saturated rings. The van der Waals surface area contributed by atoms with E-state index in [-0.39, 0.29) is 14.7 Å². The van der Waals surface area contributed by atoms with Crippen molar-refractivity contribution in [2.75, 3.05) is 7.11 Å². The monoisotopic (exact) mass is 337 g/mol. The average molecular weight is 337 g/mol. The highest BCUT2D eigenvalue weighted by atomic mass is 127. The van der Waals surface area contributed by atoms with Gasteiger partial charge < -0.3 is 4.74 Å². The third-order valence-electron chi connectivity index (χ3n) is 1.93. The first-order valence-corrected chi connectivity index (χ1v) is 5.19. The zero-order valence-electron chi connectivity index (χ0n) is 8.13. The van der Waals surface area contributed by atoms with Gasteiger partial charge in [0.2, 0.25) is 0 Å². The fraction of sp³-hybridized carbons (Fsp3) is 0.200. The molecule has 0 bridgehead atoms. The van der Waals surface area contributed by atoms with Gasteiger partial charge in [-0.2, -0.15) is 5.26 Å². The first-order valence-electron chi connectivity index (χ1n) is 4.11. The van der Waals surface area contributed by atoms with Gasteiger partial charge in [0.1, 0.15) is 6.07 Å². The number of alkyl halides is 2. The Bertz CT molecular complexity index is 469. The summed E-state index contributed by atoms with van der Waals surface area (Å²) < 4.78 is 30.1. The summed E-state index contributed by atoms with van der Waals surface area (Å²) in [6.45, 7) is 0. The fourth-order valence-electron chi connectivity index (χ4n) is 1.21. The second-order valence-corrected chi connectivity index (χ2v) is 3.95. The Morgan fingerprint density at radius 3 is 2.62 bits per heavy atom. The van der Waals surface area contributed by atoms with Crippen LogP contribution in [0.5, 0.6) is 0 Å². The van der Waals surface area contributed by atoms with Crippen LogP contribution in [0.25, 0.3) is 0 Å². The summed E-state index contributed by atoms with van der Waals surface area (Å²) in [6.07, 6.45) is -2.80. The molecule has 0 N–H and O–H groups in total. The van der Waals surface area contributed by atoms with Crippen LogP contribution in [0.4, 0.5) is 8.78 Å². The Labute approximate surface area is 104 Å². The van der Waals surface area contributed by atoms with Crippen LogP contribution in [0.2, 0.25) is 0 Å². The lowest BCUT2D eigenvalue weighted by atomic mass is 10.0. The lowest BCUT2D eigenvalue weighted by molar-refractivity contribution is 0.0600. The molecule has 0 saturated carbocycles. The number of hydrogen-bond donors (Lipinski definition) is 0. The highest BCUT2D eigenvalue weighted by Gasteiger charge is 2.23. The molecule has 0 spiro atoms. The molecule has 0 unspecified atom stereocenters. The van der Waals surface area contributed by atoms with Crippen LogP contribution < -0.4 is 0 Å². The molecule has 84 valence electrons. The van der Waals surface area contributed by atoms with Gasteiger partial charge in [-0.25, -0.2) is 13.6 Å². The van der Waals surface area contributed by atoms with Crippen molar-refractivity contribution in [3.8, 4) is 6.07 Å². The number of esters is 1. The molecule has 0 aliphatic heterocycles. The van der Waals surface area contributed by atoms with Crippen molar-refractivity contribution in [1.82, 2.24) is 0 Å². The van der Waals surface area contributed by atoms with Crippen molar-refractivity contribution in [2.45, 2.75) is 6.43 Å². The number of methoxy groups -OCH3 is 1. The minimum absolute atomic E-state index is 0.138. The minimum atomic E-state index is -2.80. The van der Waals surface area contributed by atoms with E-state index in [1.54, 1.807) is 28.7 Å². The topological polar surface area (TPSA) is 50.1 Å². The quantitative estimate of drug-likeness (QED) is 0.616. The van der Waals surface area contributed by atoms with Crippen molar-refractivity contribution in [3.05, 3.63) is 32.4 Å². The Hall–Kier alpha value is -1.23. The van der Waals surface area contributed by atoms with E-state index in [2.05, 4.69) is 4.74 Å². The third-order valence-corrected chi connectivity index (χ3v) is 2.87. The molecule has 16 heavy (non-hydrogen) atoms. The van der Waals surface area contributed by atoms with E-state index in [1.165, 1.54) is 12.1 Å². The molecular weight excluding hydrogens is 331 g/mol. The van der Waals surface area contributed by atoms with Gasteiger partial charge in [-0.3, -0.25) is 0 Å². The summed E-state index contributed by atoms with van der Waals surface area (Å²) in [6, 6.07) is 4.28. The molecule has 6 heteroatoms. The number of carbonyl (C=O) groups is 1. The van der Waals surface area contributed by atoms with Gasteiger partial charge >= 0.3 is 5.97 Å². The predicted molar refractivity (Wildman–Crippen MR) is 60.2 cm³/mol. The maximum absolute atomic E-state index is 12.7. The zero-order chi connectivity index (χ0) is 12.3. The SMILES string of the molecule is COC(=O)c1ccc(I)c(C(F)F)c1C#N. The standard InChI is InChI=1S/C10H6F2INO2/c1-16-10(15)5-2-3-7(13)8(9(11)12)6(5)4-14/h2-3,9H,1H3. The van der Waals surface area contributed by atoms with Crippen molar-refractivity contribution in [3.63, 3.8) is 0 Å². The van der Waals surface area contributed by atoms with E-state index >= 15 is 0 Å². The molecule has 1 aromatic rings. The van der Waals surface area contributed by atoms with Crippen LogP contribution in [-0.2, 0) is 4.74 Å². The molecule has 1 aromatic carbocycles. The number of carbonyl (C=O) groups excluding carboxylic acids is 1. The first kappa shape index (κ1) is 12.8. The maximum Gasteiger partial charge on any atom is 0.339 e. The Morgan fingerprint density at radius 1 is 1.56 bits per heavy atom. The minimum Gasteiger partial charge on any atom is -0.465 e. The molecule has 0 atom stereocenters. The smallest absolute Gasteiger partial charge is 0.339 e. The Kier molecular flexibility index (Phi) is 4.18. The van der Waals surface area contributed by atoms with Crippen molar-refractivity contribution in [2.24, 2.45) is 0 Å². The van der Waals surface area contributed by atoms with E-state index in [1.807, 2.05) is 0 Å². The van der Waals surface area contributed by atoms with Crippen LogP contribution in [-0.4, -0.2) is 13.1 Å². The van der Waals surface area contributed by atoms with Crippen molar-refractivity contribution >= 4 is 28.6 Å². The zero-order valence-corrected chi connectivity index (χ0v) is 10.3. The number of nitrogens with zero attached hydrogens (tertiary/aromatic N) is 1. The summed E-state index contributed by atoms with van der Waals surface area (Å²) in [5, 5.41) is 8.82. The van der Waals surface area contributed by atoms with Crippen LogP contribution in [0.1, 0.15) is 27.9 Å². The van der Waals surface area contributed by atoms with Gasteiger partial charge in [0.05, 0.1) is 18.2 Å². The van der Waals surface area contributed by atoms with Crippen molar-refractivity contribution < 1.29 is 18.3 Å². The van der Waals surface area contributed by atoms with Crippen LogP contribution >= 0.6 is 22.6 Å². The number of halogens is 3. The van der Waals surface area contributed by atoms with Crippen LogP contribution in [0.3, 0.4) is 0 Å². The normalized spacial score (nSPS) is 10.0. The lowest BCUT2D eigenvalue weighted by Crippen LogP contribution is -2.08. The Balaban J connectivity index is 3.51. The summed E-state index contributed by atoms with van der Waals surface area (Å²) >= 11 is 1.69. The molecule has 0 saturated heterocycles. The number of hydrogen-bond acceptors (Lipinski definition) is 3. The molecular formula is C10H6F2INO2. The molecule has 0 aliphatic rings. The van der Waals surface area contributed by atoms with E-state index in [9.17, 15) is 13.6 Å². The molecule has 1 rings (SSSR count). The maximum atomic E-state index is 12.7. The molecule has 3 nitrogen and oxygen atoms in total. The second-order valence-electron chi connectivity index (χ2n) is 2.79. The average Bonchev–Trinajstić information content (AvgIpc) is 2.26. The fourth-order valence-corrected chi connectivity index (χ4v) is 1.89. The number of nitriles is 1. The van der Waals surface area contributed by atoms with E-state index in [0.717, 1.165) is 7.11 Å². The van der Waals surface area contributed by atoms with E-state index < -0.39 is 18.0 Å². The molecule has 0 amide bonds. The number of ether oxygens (including phenoxy) is 1. The van der Waals surface area contributed by atoms with Gasteiger partial charge in [0, 0.05) is 9.13 Å². The highest BCUT2D eigenvalue weighted by molar-refractivity contribution is 14.1. The van der Waals surface area contributed by atoms with Gasteiger partial charge in [-0.1, -0.05) is 0 Å². The summed E-state index contributed by atoms with van der Waals surface area (Å²) in [5.41, 5.74) is -0.888. The number of rotatable bonds is 2. The van der Waals surface area contributed by atoms with Gasteiger partial charge in [-0.15, -0.1) is 0 Å². The largest absolute Gasteiger partial charge is 0.465 e. The van der Waals surface area contributed by atoms with E-state index in [0.29, 0.717) is 0 Å². The highest BCUT2D eigenvalue weighted by Crippen LogP contribution is 2.30.